The van der Waals surface area contributed by atoms with Gasteiger partial charge < -0.3 is 0 Å². The van der Waals surface area contributed by atoms with E-state index in [-0.39, 0.29) is 0 Å². The van der Waals surface area contributed by atoms with Gasteiger partial charge in [-0.25, -0.2) is 0 Å². The Labute approximate surface area is 150 Å². The molecular formula is C18H13Br3. The van der Waals surface area contributed by atoms with Crippen LogP contribution in [0.25, 0.3) is 10.8 Å². The van der Waals surface area contributed by atoms with Crippen LogP contribution >= 0.6 is 47.8 Å². The van der Waals surface area contributed by atoms with Crippen LogP contribution in [0.3, 0.4) is 0 Å². The number of rotatable bonds is 3. The lowest BCUT2D eigenvalue weighted by Gasteiger charge is -2.13. The Morgan fingerprint density at radius 2 is 1.57 bits per heavy atom. The fourth-order valence-corrected chi connectivity index (χ4v) is 4.84. The summed E-state index contributed by atoms with van der Waals surface area (Å²) in [5.41, 5.74) is 2.61. The van der Waals surface area contributed by atoms with Crippen LogP contribution in [0.4, 0.5) is 0 Å². The summed E-state index contributed by atoms with van der Waals surface area (Å²) in [4.78, 5) is 0.293. The molecule has 3 heteroatoms. The number of hydrogen-bond donors (Lipinski definition) is 0. The molecule has 0 aromatic heterocycles. The van der Waals surface area contributed by atoms with E-state index in [0.717, 1.165) is 15.4 Å². The number of fused-ring (bicyclic) bond motifs is 1. The Bertz CT molecular complexity index is 780. The molecule has 0 nitrogen and oxygen atoms in total. The fraction of sp³-hybridized carbons (Fsp3) is 0.111. The summed E-state index contributed by atoms with van der Waals surface area (Å²) < 4.78 is 2.21. The highest BCUT2D eigenvalue weighted by Crippen LogP contribution is 2.34. The number of benzene rings is 3. The first kappa shape index (κ1) is 15.3. The molecule has 0 spiro atoms. The smallest absolute Gasteiger partial charge is 0.0446 e. The summed E-state index contributed by atoms with van der Waals surface area (Å²) in [6.07, 6.45) is 0.963. The van der Waals surface area contributed by atoms with Gasteiger partial charge in [-0.05, 0) is 40.5 Å². The van der Waals surface area contributed by atoms with Crippen LogP contribution < -0.4 is 0 Å². The topological polar surface area (TPSA) is 0 Å². The predicted octanol–water partition coefficient (Wildman–Crippen LogP) is 7.04. The Balaban J connectivity index is 1.87. The molecule has 0 saturated heterocycles. The van der Waals surface area contributed by atoms with Crippen molar-refractivity contribution in [2.24, 2.45) is 0 Å². The highest BCUT2D eigenvalue weighted by molar-refractivity contribution is 9.11. The molecule has 0 aliphatic heterocycles. The summed E-state index contributed by atoms with van der Waals surface area (Å²) in [6.45, 7) is 0. The van der Waals surface area contributed by atoms with Crippen molar-refractivity contribution in [2.45, 2.75) is 11.2 Å². The zero-order valence-corrected chi connectivity index (χ0v) is 15.9. The van der Waals surface area contributed by atoms with E-state index in [1.165, 1.54) is 21.9 Å². The second-order valence-electron chi connectivity index (χ2n) is 5.02. The maximum absolute atomic E-state index is 3.82. The Hall–Kier alpha value is -0.640. The van der Waals surface area contributed by atoms with E-state index >= 15 is 0 Å². The maximum Gasteiger partial charge on any atom is 0.0446 e. The number of hydrogen-bond acceptors (Lipinski definition) is 0. The van der Waals surface area contributed by atoms with Gasteiger partial charge in [-0.15, -0.1) is 0 Å². The molecule has 3 aromatic carbocycles. The second-order valence-corrected chi connectivity index (χ2v) is 7.89. The summed E-state index contributed by atoms with van der Waals surface area (Å²) in [7, 11) is 0. The predicted molar refractivity (Wildman–Crippen MR) is 101 cm³/mol. The van der Waals surface area contributed by atoms with Gasteiger partial charge >= 0.3 is 0 Å². The van der Waals surface area contributed by atoms with Gasteiger partial charge in [0.05, 0.1) is 0 Å². The minimum Gasteiger partial charge on any atom is -0.0835 e. The molecule has 106 valence electrons. The minimum atomic E-state index is 0.293. The van der Waals surface area contributed by atoms with E-state index in [1.54, 1.807) is 0 Å². The zero-order chi connectivity index (χ0) is 14.8. The third kappa shape index (κ3) is 3.58. The standard InChI is InChI=1S/C18H13Br3/c19-15-7-8-16(18(21)11-15)17(20)10-12-5-6-13-3-1-2-4-14(13)9-12/h1-9,11,17H,10H2. The molecule has 3 rings (SSSR count). The Kier molecular flexibility index (Phi) is 4.82. The largest absolute Gasteiger partial charge is 0.0835 e. The summed E-state index contributed by atoms with van der Waals surface area (Å²) in [6, 6.07) is 21.5. The van der Waals surface area contributed by atoms with Crippen LogP contribution in [0.15, 0.2) is 69.6 Å². The third-order valence-electron chi connectivity index (χ3n) is 3.53. The van der Waals surface area contributed by atoms with Crippen LogP contribution in [0.2, 0.25) is 0 Å². The third-order valence-corrected chi connectivity index (χ3v) is 5.53. The normalized spacial score (nSPS) is 12.5. The summed E-state index contributed by atoms with van der Waals surface area (Å²) >= 11 is 11.0. The van der Waals surface area contributed by atoms with Crippen LogP contribution in [0, 0.1) is 0 Å². The van der Waals surface area contributed by atoms with Crippen LogP contribution in [0.1, 0.15) is 16.0 Å². The molecule has 3 aromatic rings. The maximum atomic E-state index is 3.82. The SMILES string of the molecule is Brc1ccc(C(Br)Cc2ccc3ccccc3c2)c(Br)c1. The molecule has 0 bridgehead atoms. The monoisotopic (exact) mass is 466 g/mol. The lowest BCUT2D eigenvalue weighted by atomic mass is 10.0. The molecule has 0 fully saturated rings. The van der Waals surface area contributed by atoms with E-state index < -0.39 is 0 Å². The van der Waals surface area contributed by atoms with Gasteiger partial charge in [0.15, 0.2) is 0 Å². The zero-order valence-electron chi connectivity index (χ0n) is 11.2. The van der Waals surface area contributed by atoms with Crippen LogP contribution in [-0.2, 0) is 6.42 Å². The number of alkyl halides is 1. The quantitative estimate of drug-likeness (QED) is 0.361. The van der Waals surface area contributed by atoms with E-state index in [0.29, 0.717) is 4.83 Å². The lowest BCUT2D eigenvalue weighted by molar-refractivity contribution is 0.945. The van der Waals surface area contributed by atoms with Crippen molar-refractivity contribution < 1.29 is 0 Å². The molecule has 0 saturated carbocycles. The van der Waals surface area contributed by atoms with Crippen molar-refractivity contribution in [1.82, 2.24) is 0 Å². The fourth-order valence-electron chi connectivity index (χ4n) is 2.44. The number of halogens is 3. The van der Waals surface area contributed by atoms with Gasteiger partial charge in [-0.1, -0.05) is 96.3 Å². The Morgan fingerprint density at radius 1 is 0.810 bits per heavy atom. The van der Waals surface area contributed by atoms with Crippen molar-refractivity contribution in [1.29, 1.82) is 0 Å². The van der Waals surface area contributed by atoms with Crippen molar-refractivity contribution in [3.8, 4) is 0 Å². The highest BCUT2D eigenvalue weighted by Gasteiger charge is 2.12. The second kappa shape index (κ2) is 6.64. The first-order valence-electron chi connectivity index (χ1n) is 6.70. The van der Waals surface area contributed by atoms with Crippen LogP contribution in [0.5, 0.6) is 0 Å². The van der Waals surface area contributed by atoms with Gasteiger partial charge in [0, 0.05) is 13.8 Å². The molecule has 21 heavy (non-hydrogen) atoms. The van der Waals surface area contributed by atoms with Crippen molar-refractivity contribution in [3.05, 3.63) is 80.7 Å². The van der Waals surface area contributed by atoms with Gasteiger partial charge in [0.2, 0.25) is 0 Å². The molecule has 0 aliphatic rings. The summed E-state index contributed by atoms with van der Waals surface area (Å²) in [5, 5.41) is 2.58. The average molecular weight is 469 g/mol. The van der Waals surface area contributed by atoms with Gasteiger partial charge in [-0.2, -0.15) is 0 Å². The molecule has 0 N–H and O–H groups in total. The molecule has 0 amide bonds. The minimum absolute atomic E-state index is 0.293. The summed E-state index contributed by atoms with van der Waals surface area (Å²) in [5.74, 6) is 0. The molecule has 0 aliphatic carbocycles. The highest BCUT2D eigenvalue weighted by atomic mass is 79.9. The van der Waals surface area contributed by atoms with Crippen LogP contribution in [-0.4, -0.2) is 0 Å². The molecule has 0 heterocycles. The Morgan fingerprint density at radius 3 is 2.33 bits per heavy atom. The van der Waals surface area contributed by atoms with Gasteiger partial charge in [0.1, 0.15) is 0 Å². The first-order chi connectivity index (χ1) is 10.1. The lowest BCUT2D eigenvalue weighted by Crippen LogP contribution is -1.96. The molecule has 1 atom stereocenters. The molecule has 0 radical (unpaired) electrons. The van der Waals surface area contributed by atoms with Crippen molar-refractivity contribution in [3.63, 3.8) is 0 Å². The van der Waals surface area contributed by atoms with Crippen molar-refractivity contribution in [2.75, 3.05) is 0 Å². The van der Waals surface area contributed by atoms with Gasteiger partial charge in [-0.3, -0.25) is 0 Å². The van der Waals surface area contributed by atoms with Crippen molar-refractivity contribution >= 4 is 58.6 Å². The molecule has 1 unspecified atom stereocenters. The van der Waals surface area contributed by atoms with E-state index in [1.807, 2.05) is 0 Å². The van der Waals surface area contributed by atoms with E-state index in [2.05, 4.69) is 108 Å². The molecular weight excluding hydrogens is 456 g/mol. The van der Waals surface area contributed by atoms with Gasteiger partial charge in [0.25, 0.3) is 0 Å². The first-order valence-corrected chi connectivity index (χ1v) is 9.20. The van der Waals surface area contributed by atoms with E-state index in [4.69, 9.17) is 0 Å². The van der Waals surface area contributed by atoms with E-state index in [9.17, 15) is 0 Å². The average Bonchev–Trinajstić information content (AvgIpc) is 2.47.